The average molecular weight is 714 g/mol. The molecule has 5 heteroatoms. The quantitative estimate of drug-likeness (QED) is 0.118. The van der Waals surface area contributed by atoms with Crippen LogP contribution >= 0.6 is 0 Å². The molecule has 1 aliphatic rings. The number of aryl methyl sites for hydroxylation is 1. The van der Waals surface area contributed by atoms with Crippen molar-refractivity contribution in [2.75, 3.05) is 0 Å². The van der Waals surface area contributed by atoms with Crippen molar-refractivity contribution in [3.05, 3.63) is 83.4 Å². The largest absolute Gasteiger partial charge is 0.512 e. The molecule has 0 unspecified atom stereocenters. The molecule has 213 valence electrons. The van der Waals surface area contributed by atoms with E-state index in [-0.39, 0.29) is 48.9 Å². The number of benzene rings is 2. The van der Waals surface area contributed by atoms with E-state index in [4.69, 9.17) is 9.97 Å². The first-order chi connectivity index (χ1) is 18.7. The predicted molar refractivity (Wildman–Crippen MR) is 162 cm³/mol. The van der Waals surface area contributed by atoms with Crippen molar-refractivity contribution < 1.29 is 30.0 Å². The normalized spacial score (nSPS) is 13.6. The van der Waals surface area contributed by atoms with E-state index in [1.807, 2.05) is 46.0 Å². The number of carbonyl (C=O) groups excluding carboxylic acids is 1. The molecule has 5 rings (SSSR count). The van der Waals surface area contributed by atoms with Crippen LogP contribution in [-0.4, -0.2) is 20.9 Å². The fraction of sp³-hybridized carbons (Fsp3) is 0.400. The third-order valence-electron chi connectivity index (χ3n) is 8.22. The number of nitrogens with zero attached hydrogens (tertiary/aromatic N) is 2. The number of pyridine rings is 2. The summed E-state index contributed by atoms with van der Waals surface area (Å²) in [5.41, 5.74) is 6.53. The van der Waals surface area contributed by atoms with E-state index in [1.54, 1.807) is 0 Å². The molecule has 1 radical (unpaired) electrons. The molecule has 2 heterocycles. The van der Waals surface area contributed by atoms with E-state index in [1.165, 1.54) is 28.0 Å². The van der Waals surface area contributed by atoms with Crippen molar-refractivity contribution in [2.45, 2.75) is 79.6 Å². The van der Waals surface area contributed by atoms with E-state index in [2.05, 4.69) is 57.2 Å². The first kappa shape index (κ1) is 31.6. The van der Waals surface area contributed by atoms with Gasteiger partial charge in [-0.3, -0.25) is 9.78 Å². The number of aliphatic hydroxyl groups excluding tert-OH is 1. The fourth-order valence-corrected chi connectivity index (χ4v) is 5.73. The summed E-state index contributed by atoms with van der Waals surface area (Å²) in [4.78, 5) is 21.4. The van der Waals surface area contributed by atoms with Gasteiger partial charge < -0.3 is 10.1 Å². The number of ketones is 1. The predicted octanol–water partition coefficient (Wildman–Crippen LogP) is 9.07. The van der Waals surface area contributed by atoms with Gasteiger partial charge in [0.05, 0.1) is 5.76 Å². The van der Waals surface area contributed by atoms with Gasteiger partial charge in [0.1, 0.15) is 0 Å². The molecule has 2 aromatic carbocycles. The Kier molecular flexibility index (Phi) is 10.4. The van der Waals surface area contributed by atoms with Crippen LogP contribution in [0.3, 0.4) is 0 Å². The topological polar surface area (TPSA) is 63.1 Å². The van der Waals surface area contributed by atoms with Crippen molar-refractivity contribution in [1.29, 1.82) is 0 Å². The van der Waals surface area contributed by atoms with Crippen LogP contribution in [0.15, 0.2) is 60.5 Å². The molecular formula is C35H41IrN2O2-. The van der Waals surface area contributed by atoms with Crippen LogP contribution < -0.4 is 0 Å². The molecule has 1 aliphatic carbocycles. The number of hydrogen-bond donors (Lipinski definition) is 1. The van der Waals surface area contributed by atoms with Gasteiger partial charge in [-0.05, 0) is 66.2 Å². The number of para-hydroxylation sites is 1. The number of carbonyl (C=O) groups is 1. The van der Waals surface area contributed by atoms with Crippen LogP contribution in [0.1, 0.15) is 84.0 Å². The average Bonchev–Trinajstić information content (AvgIpc) is 2.92. The zero-order valence-electron chi connectivity index (χ0n) is 24.8. The molecular weight excluding hydrogens is 673 g/mol. The van der Waals surface area contributed by atoms with Crippen LogP contribution in [0.25, 0.3) is 32.9 Å². The van der Waals surface area contributed by atoms with Crippen molar-refractivity contribution in [3.8, 4) is 11.3 Å². The third-order valence-corrected chi connectivity index (χ3v) is 8.22. The molecule has 4 aromatic rings. The van der Waals surface area contributed by atoms with E-state index < -0.39 is 0 Å². The summed E-state index contributed by atoms with van der Waals surface area (Å²) in [6.45, 7) is 14.7. The Morgan fingerprint density at radius 1 is 1.00 bits per heavy atom. The van der Waals surface area contributed by atoms with Gasteiger partial charge in [-0.15, -0.1) is 12.1 Å². The van der Waals surface area contributed by atoms with Crippen molar-refractivity contribution in [2.24, 2.45) is 11.8 Å². The minimum Gasteiger partial charge on any atom is -0.512 e. The summed E-state index contributed by atoms with van der Waals surface area (Å²) in [6, 6.07) is 18.4. The van der Waals surface area contributed by atoms with Crippen molar-refractivity contribution >= 4 is 27.5 Å². The molecule has 0 atom stereocenters. The summed E-state index contributed by atoms with van der Waals surface area (Å²) in [5, 5.41) is 13.3. The van der Waals surface area contributed by atoms with Crippen molar-refractivity contribution in [3.63, 3.8) is 0 Å². The molecule has 0 aliphatic heterocycles. The summed E-state index contributed by atoms with van der Waals surface area (Å²) in [5.74, 6) is 0.547. The van der Waals surface area contributed by atoms with Gasteiger partial charge in [0.25, 0.3) is 0 Å². The number of allylic oxidation sites excluding steroid dienone is 2. The van der Waals surface area contributed by atoms with Gasteiger partial charge in [0, 0.05) is 55.3 Å². The van der Waals surface area contributed by atoms with E-state index in [9.17, 15) is 9.90 Å². The summed E-state index contributed by atoms with van der Waals surface area (Å²) < 4.78 is 0. The Morgan fingerprint density at radius 2 is 1.65 bits per heavy atom. The van der Waals surface area contributed by atoms with E-state index in [0.717, 1.165) is 53.5 Å². The SMILES string of the molecule is CCC(CC)C(=O)/C=C(\O)C(CC)CC.Cc1cc2c3c(nccc3c1)-c1[c-]c3ccccc3nc1C2(C)C.[Ir]. The smallest absolute Gasteiger partial charge is 0.162 e. The maximum Gasteiger partial charge on any atom is 0.162 e. The molecule has 4 nitrogen and oxygen atoms in total. The van der Waals surface area contributed by atoms with Crippen LogP contribution in [0.5, 0.6) is 0 Å². The Balaban J connectivity index is 0.000000243. The van der Waals surface area contributed by atoms with Crippen LogP contribution in [0.4, 0.5) is 0 Å². The zero-order valence-corrected chi connectivity index (χ0v) is 27.2. The van der Waals surface area contributed by atoms with Crippen LogP contribution in [0, 0.1) is 24.8 Å². The number of fused-ring (bicyclic) bond motifs is 3. The molecule has 0 saturated heterocycles. The maximum absolute atomic E-state index is 11.7. The Morgan fingerprint density at radius 3 is 2.30 bits per heavy atom. The first-order valence-corrected chi connectivity index (χ1v) is 14.3. The first-order valence-electron chi connectivity index (χ1n) is 14.3. The minimum absolute atomic E-state index is 0. The second-order valence-electron chi connectivity index (χ2n) is 11.2. The van der Waals surface area contributed by atoms with Gasteiger partial charge >= 0.3 is 0 Å². The third kappa shape index (κ3) is 6.06. The van der Waals surface area contributed by atoms with Crippen LogP contribution in [0.2, 0.25) is 0 Å². The second-order valence-corrected chi connectivity index (χ2v) is 11.2. The molecule has 2 aromatic heterocycles. The molecule has 0 fully saturated rings. The Labute approximate surface area is 252 Å². The molecule has 0 spiro atoms. The van der Waals surface area contributed by atoms with Crippen LogP contribution in [-0.2, 0) is 30.3 Å². The molecule has 1 N–H and O–H groups in total. The summed E-state index contributed by atoms with van der Waals surface area (Å²) in [7, 11) is 0. The van der Waals surface area contributed by atoms with Gasteiger partial charge in [-0.25, -0.2) is 0 Å². The zero-order chi connectivity index (χ0) is 28.3. The number of rotatable bonds is 7. The number of aliphatic hydroxyl groups is 1. The van der Waals surface area contributed by atoms with Gasteiger partial charge in [0.15, 0.2) is 5.78 Å². The standard InChI is InChI=1S/C22H17N2.C13H24O2.Ir/c1-13-10-15-8-9-23-20-16-12-14-6-4-5-7-18(14)24-21(16)22(2,3)17(11-13)19(15)20;1-5-10(6-2)12(14)9-13(15)11(7-3)8-4;/h4-11H,1-3H3;9-11,14H,5-8H2,1-4H3;/q-1;;/b;12-9-;. The molecule has 0 bridgehead atoms. The molecule has 0 saturated carbocycles. The monoisotopic (exact) mass is 714 g/mol. The van der Waals surface area contributed by atoms with Crippen molar-refractivity contribution in [1.82, 2.24) is 9.97 Å². The number of hydrogen-bond acceptors (Lipinski definition) is 4. The minimum atomic E-state index is -0.170. The fourth-order valence-electron chi connectivity index (χ4n) is 5.73. The number of aromatic nitrogens is 2. The Hall–Kier alpha value is -2.88. The van der Waals surface area contributed by atoms with Gasteiger partial charge in [0.2, 0.25) is 0 Å². The second kappa shape index (κ2) is 13.2. The van der Waals surface area contributed by atoms with Gasteiger partial charge in [-0.1, -0.05) is 88.4 Å². The molecule has 0 amide bonds. The summed E-state index contributed by atoms with van der Waals surface area (Å²) in [6.07, 6.45) is 6.80. The summed E-state index contributed by atoms with van der Waals surface area (Å²) >= 11 is 0. The molecule has 40 heavy (non-hydrogen) atoms. The van der Waals surface area contributed by atoms with E-state index in [0.29, 0.717) is 0 Å². The maximum atomic E-state index is 11.7. The van der Waals surface area contributed by atoms with E-state index >= 15 is 0 Å². The van der Waals surface area contributed by atoms with Gasteiger partial charge in [-0.2, -0.15) is 0 Å². The Bertz CT molecular complexity index is 1530.